The normalized spacial score (nSPS) is 29.3. The number of aryl methyl sites for hydroxylation is 2. The topological polar surface area (TPSA) is 24.9 Å². The highest BCUT2D eigenvalue weighted by Gasteiger charge is 2.43. The van der Waals surface area contributed by atoms with Gasteiger partial charge in [0.1, 0.15) is 5.01 Å². The van der Waals surface area contributed by atoms with Gasteiger partial charge in [0.15, 0.2) is 0 Å². The zero-order valence-corrected chi connectivity index (χ0v) is 14.5. The lowest BCUT2D eigenvalue weighted by Crippen LogP contribution is -2.50. The van der Waals surface area contributed by atoms with Gasteiger partial charge in [0.25, 0.3) is 0 Å². The van der Waals surface area contributed by atoms with E-state index < -0.39 is 0 Å². The van der Waals surface area contributed by atoms with E-state index in [1.54, 1.807) is 4.88 Å². The van der Waals surface area contributed by atoms with Gasteiger partial charge in [0.05, 0.1) is 11.2 Å². The maximum absolute atomic E-state index is 5.15. The molecule has 0 amide bonds. The Labute approximate surface area is 133 Å². The molecule has 1 fully saturated rings. The molecule has 2 aliphatic carbocycles. The predicted octanol–water partition coefficient (Wildman–Crippen LogP) is 4.82. The molecule has 1 aromatic heterocycles. The fourth-order valence-electron chi connectivity index (χ4n) is 4.28. The van der Waals surface area contributed by atoms with Gasteiger partial charge in [-0.1, -0.05) is 33.1 Å². The number of fused-ring (bicyclic) bond motifs is 1. The van der Waals surface area contributed by atoms with E-state index in [1.807, 2.05) is 11.3 Å². The van der Waals surface area contributed by atoms with E-state index in [1.165, 1.54) is 74.9 Å². The van der Waals surface area contributed by atoms with E-state index in [4.69, 9.17) is 4.98 Å². The Hall–Kier alpha value is -0.410. The molecule has 2 unspecified atom stereocenters. The zero-order valence-electron chi connectivity index (χ0n) is 13.7. The van der Waals surface area contributed by atoms with E-state index in [2.05, 4.69) is 19.2 Å². The molecular formula is C18H30N2S. The first-order valence-electron chi connectivity index (χ1n) is 9.04. The first-order valence-corrected chi connectivity index (χ1v) is 9.86. The molecule has 1 aromatic rings. The van der Waals surface area contributed by atoms with Crippen LogP contribution in [0.4, 0.5) is 0 Å². The minimum atomic E-state index is 0.186. The number of nitrogens with zero attached hydrogens (tertiary/aromatic N) is 1. The summed E-state index contributed by atoms with van der Waals surface area (Å²) in [6.45, 7) is 5.77. The molecule has 3 rings (SSSR count). The third-order valence-electron chi connectivity index (χ3n) is 5.48. The Balaban J connectivity index is 1.95. The molecule has 0 aliphatic heterocycles. The van der Waals surface area contributed by atoms with Crippen molar-refractivity contribution >= 4 is 11.3 Å². The summed E-state index contributed by atoms with van der Waals surface area (Å²) in [7, 11) is 0. The van der Waals surface area contributed by atoms with Gasteiger partial charge in [-0.15, -0.1) is 11.3 Å². The molecule has 3 heteroatoms. The quantitative estimate of drug-likeness (QED) is 0.844. The summed E-state index contributed by atoms with van der Waals surface area (Å²) in [6, 6.07) is 0. The van der Waals surface area contributed by atoms with Crippen LogP contribution in [0.3, 0.4) is 0 Å². The second-order valence-electron chi connectivity index (χ2n) is 6.85. The first kappa shape index (κ1) is 15.5. The molecule has 0 aromatic carbocycles. The summed E-state index contributed by atoms with van der Waals surface area (Å²) in [4.78, 5) is 6.75. The molecule has 0 spiro atoms. The van der Waals surface area contributed by atoms with Crippen LogP contribution in [-0.4, -0.2) is 11.5 Å². The van der Waals surface area contributed by atoms with Crippen molar-refractivity contribution in [1.82, 2.24) is 10.3 Å². The number of rotatable bonds is 5. The van der Waals surface area contributed by atoms with Crippen LogP contribution in [0.5, 0.6) is 0 Å². The van der Waals surface area contributed by atoms with Gasteiger partial charge in [-0.2, -0.15) is 0 Å². The van der Waals surface area contributed by atoms with Gasteiger partial charge >= 0.3 is 0 Å². The molecule has 1 heterocycles. The lowest BCUT2D eigenvalue weighted by molar-refractivity contribution is 0.135. The third-order valence-corrected chi connectivity index (χ3v) is 6.82. The molecule has 2 aliphatic rings. The van der Waals surface area contributed by atoms with Crippen LogP contribution in [0.1, 0.15) is 80.8 Å². The van der Waals surface area contributed by atoms with Crippen molar-refractivity contribution in [3.8, 4) is 0 Å². The maximum atomic E-state index is 5.15. The van der Waals surface area contributed by atoms with Gasteiger partial charge in [-0.25, -0.2) is 4.98 Å². The van der Waals surface area contributed by atoms with Gasteiger partial charge in [-0.05, 0) is 57.4 Å². The Morgan fingerprint density at radius 2 is 2.05 bits per heavy atom. The minimum absolute atomic E-state index is 0.186. The average Bonchev–Trinajstić information content (AvgIpc) is 2.97. The van der Waals surface area contributed by atoms with Crippen molar-refractivity contribution in [2.45, 2.75) is 83.6 Å². The van der Waals surface area contributed by atoms with Crippen LogP contribution in [0.2, 0.25) is 0 Å². The van der Waals surface area contributed by atoms with Gasteiger partial charge in [0, 0.05) is 4.88 Å². The predicted molar refractivity (Wildman–Crippen MR) is 91.0 cm³/mol. The number of hydrogen-bond donors (Lipinski definition) is 1. The minimum Gasteiger partial charge on any atom is -0.305 e. The van der Waals surface area contributed by atoms with Crippen molar-refractivity contribution in [3.05, 3.63) is 15.6 Å². The molecule has 21 heavy (non-hydrogen) atoms. The number of thiazole rings is 1. The van der Waals surface area contributed by atoms with E-state index in [0.717, 1.165) is 12.5 Å². The highest BCUT2D eigenvalue weighted by molar-refractivity contribution is 7.11. The molecule has 2 atom stereocenters. The Kier molecular flexibility index (Phi) is 5.00. The molecule has 0 radical (unpaired) electrons. The van der Waals surface area contributed by atoms with Crippen LogP contribution < -0.4 is 5.32 Å². The standard InChI is InChI=1S/C18H30N2S/c1-3-13-19-18(12-8-7-9-14(18)4-2)17-20-15-10-5-6-11-16(15)21-17/h14,19H,3-13H2,1-2H3. The summed E-state index contributed by atoms with van der Waals surface area (Å²) in [5.74, 6) is 0.769. The summed E-state index contributed by atoms with van der Waals surface area (Å²) in [5, 5.41) is 5.38. The zero-order chi connectivity index (χ0) is 14.7. The summed E-state index contributed by atoms with van der Waals surface area (Å²) in [6.07, 6.45) is 13.1. The maximum Gasteiger partial charge on any atom is 0.114 e. The SMILES string of the molecule is CCCNC1(c2nc3c(s2)CCCC3)CCCCC1CC. The molecule has 0 bridgehead atoms. The van der Waals surface area contributed by atoms with Crippen molar-refractivity contribution < 1.29 is 0 Å². The molecule has 2 nitrogen and oxygen atoms in total. The number of aromatic nitrogens is 1. The largest absolute Gasteiger partial charge is 0.305 e. The monoisotopic (exact) mass is 306 g/mol. The van der Waals surface area contributed by atoms with Crippen molar-refractivity contribution in [2.75, 3.05) is 6.54 Å². The van der Waals surface area contributed by atoms with Crippen LogP contribution in [0.25, 0.3) is 0 Å². The summed E-state index contributed by atoms with van der Waals surface area (Å²) < 4.78 is 0. The summed E-state index contributed by atoms with van der Waals surface area (Å²) >= 11 is 2.04. The average molecular weight is 307 g/mol. The van der Waals surface area contributed by atoms with E-state index >= 15 is 0 Å². The van der Waals surface area contributed by atoms with Gasteiger partial charge < -0.3 is 5.32 Å². The van der Waals surface area contributed by atoms with Crippen molar-refractivity contribution in [2.24, 2.45) is 5.92 Å². The van der Waals surface area contributed by atoms with Gasteiger partial charge in [0.2, 0.25) is 0 Å². The molecule has 1 N–H and O–H groups in total. The number of hydrogen-bond acceptors (Lipinski definition) is 3. The van der Waals surface area contributed by atoms with E-state index in [0.29, 0.717) is 0 Å². The first-order chi connectivity index (χ1) is 10.3. The third kappa shape index (κ3) is 2.92. The molecule has 0 saturated heterocycles. The number of nitrogens with one attached hydrogen (secondary N) is 1. The highest BCUT2D eigenvalue weighted by atomic mass is 32.1. The van der Waals surface area contributed by atoms with Crippen LogP contribution in [0, 0.1) is 5.92 Å². The fourth-order valence-corrected chi connectivity index (χ4v) is 5.70. The molecule has 118 valence electrons. The highest BCUT2D eigenvalue weighted by Crippen LogP contribution is 2.46. The lowest BCUT2D eigenvalue weighted by atomic mass is 9.71. The van der Waals surface area contributed by atoms with Crippen molar-refractivity contribution in [3.63, 3.8) is 0 Å². The lowest BCUT2D eigenvalue weighted by Gasteiger charge is -2.43. The van der Waals surface area contributed by atoms with E-state index in [9.17, 15) is 0 Å². The van der Waals surface area contributed by atoms with Gasteiger partial charge in [-0.3, -0.25) is 0 Å². The second kappa shape index (κ2) is 6.78. The van der Waals surface area contributed by atoms with Crippen LogP contribution in [-0.2, 0) is 18.4 Å². The smallest absolute Gasteiger partial charge is 0.114 e. The van der Waals surface area contributed by atoms with E-state index in [-0.39, 0.29) is 5.54 Å². The van der Waals surface area contributed by atoms with Crippen LogP contribution >= 0.6 is 11.3 Å². The second-order valence-corrected chi connectivity index (χ2v) is 7.93. The Morgan fingerprint density at radius 3 is 2.81 bits per heavy atom. The Bertz CT molecular complexity index is 444. The van der Waals surface area contributed by atoms with Crippen molar-refractivity contribution in [1.29, 1.82) is 0 Å². The summed E-state index contributed by atoms with van der Waals surface area (Å²) in [5.41, 5.74) is 1.62. The fraction of sp³-hybridized carbons (Fsp3) is 0.833. The molecular weight excluding hydrogens is 276 g/mol. The van der Waals surface area contributed by atoms with Crippen LogP contribution in [0.15, 0.2) is 0 Å². The molecule has 1 saturated carbocycles. The Morgan fingerprint density at radius 1 is 1.19 bits per heavy atom.